The molecule has 1 aromatic carbocycles. The normalized spacial score (nSPS) is 23.5. The van der Waals surface area contributed by atoms with Crippen molar-refractivity contribution in [3.05, 3.63) is 64.8 Å². The largest absolute Gasteiger partial charge is 0.382 e. The summed E-state index contributed by atoms with van der Waals surface area (Å²) in [5, 5.41) is 3.35. The Bertz CT molecular complexity index is 1680. The zero-order valence-electron chi connectivity index (χ0n) is 25.9. The summed E-state index contributed by atoms with van der Waals surface area (Å²) in [4.78, 5) is 67.8. The number of likely N-dealkylation sites (tertiary alicyclic amines) is 1. The molecule has 3 fully saturated rings. The monoisotopic (exact) mass is 688 g/mol. The van der Waals surface area contributed by atoms with Crippen LogP contribution in [0.5, 0.6) is 0 Å². The molecule has 4 atom stereocenters. The smallest absolute Gasteiger partial charge is 0.363 e. The predicted octanol–water partition coefficient (Wildman–Crippen LogP) is 3.87. The van der Waals surface area contributed by atoms with Crippen molar-refractivity contribution in [2.24, 2.45) is 0 Å². The molecule has 6 rings (SSSR count). The number of nitrogens with zero attached hydrogens (tertiary/aromatic N) is 3. The van der Waals surface area contributed by atoms with Crippen molar-refractivity contribution in [2.75, 3.05) is 33.4 Å². The standard InChI is InChI=1S/C32H38FN4O8PS/c1-44-13-14-45-32(22-5-4-12-34-17-22)18-36(19-32)31(40)25-10-9-23-6-2-3-7-24(30(39)37(23)25)35-29(38)27-16-21-15-20(8-11-26(21)47-27)28(33)46(41,42)43/h4-5,8,11-12,15-17,23-25,28H,2-3,6-7,9-10,13-14,18-19H2,1H3,(H,35,38)(H2,41,42,43)/t23-,24-,25-,28?/m0/s1. The van der Waals surface area contributed by atoms with Gasteiger partial charge in [0.2, 0.25) is 17.7 Å². The SMILES string of the molecule is COCCOC1(c2cccnc2)CN(C(=O)[C@@H]2CC[C@@H]3CCCC[C@H](NC(=O)c4cc5cc(C(F)P(=O)(O)O)ccc5s4)C(=O)N32)C1. The molecule has 3 N–H and O–H groups in total. The van der Waals surface area contributed by atoms with E-state index in [0.29, 0.717) is 55.7 Å². The summed E-state index contributed by atoms with van der Waals surface area (Å²) in [5.41, 5.74) is -0.00947. The van der Waals surface area contributed by atoms with Gasteiger partial charge in [0.05, 0.1) is 31.2 Å². The highest BCUT2D eigenvalue weighted by molar-refractivity contribution is 7.51. The lowest BCUT2D eigenvalue weighted by Gasteiger charge is -2.51. The highest BCUT2D eigenvalue weighted by atomic mass is 32.1. The van der Waals surface area contributed by atoms with E-state index in [9.17, 15) is 33.1 Å². The number of rotatable bonds is 10. The fraction of sp³-hybridized carbons (Fsp3) is 0.500. The third-order valence-corrected chi connectivity index (χ3v) is 11.3. The maximum Gasteiger partial charge on any atom is 0.363 e. The maximum atomic E-state index is 14.3. The van der Waals surface area contributed by atoms with Crippen LogP contribution in [0.4, 0.5) is 4.39 Å². The van der Waals surface area contributed by atoms with Crippen LogP contribution < -0.4 is 5.32 Å². The van der Waals surface area contributed by atoms with Crippen molar-refractivity contribution in [2.45, 2.75) is 68.2 Å². The van der Waals surface area contributed by atoms with Crippen LogP contribution in [0.15, 0.2) is 48.8 Å². The van der Waals surface area contributed by atoms with Gasteiger partial charge in [0, 0.05) is 35.8 Å². The highest BCUT2D eigenvalue weighted by Crippen LogP contribution is 2.53. The first-order valence-electron chi connectivity index (χ1n) is 15.7. The summed E-state index contributed by atoms with van der Waals surface area (Å²) in [7, 11) is -3.39. The number of amides is 3. The molecule has 0 radical (unpaired) electrons. The Morgan fingerprint density at radius 1 is 1.15 bits per heavy atom. The summed E-state index contributed by atoms with van der Waals surface area (Å²) >= 11 is 1.14. The molecule has 3 amide bonds. The van der Waals surface area contributed by atoms with Crippen molar-refractivity contribution >= 4 is 46.7 Å². The number of hydrogen-bond donors (Lipinski definition) is 3. The van der Waals surface area contributed by atoms with Crippen LogP contribution in [0.2, 0.25) is 0 Å². The lowest BCUT2D eigenvalue weighted by molar-refractivity contribution is -0.180. The van der Waals surface area contributed by atoms with Crippen molar-refractivity contribution in [1.82, 2.24) is 20.1 Å². The molecule has 252 valence electrons. The second kappa shape index (κ2) is 13.7. The summed E-state index contributed by atoms with van der Waals surface area (Å²) in [6, 6.07) is 7.85. The third-order valence-electron chi connectivity index (χ3n) is 9.32. The van der Waals surface area contributed by atoms with Crippen molar-refractivity contribution < 1.29 is 42.6 Å². The van der Waals surface area contributed by atoms with Gasteiger partial charge in [-0.2, -0.15) is 0 Å². The molecule has 47 heavy (non-hydrogen) atoms. The molecule has 0 saturated carbocycles. The molecular formula is C32H38FN4O8PS. The van der Waals surface area contributed by atoms with E-state index in [4.69, 9.17) is 9.47 Å². The van der Waals surface area contributed by atoms with Gasteiger partial charge in [-0.1, -0.05) is 25.0 Å². The van der Waals surface area contributed by atoms with Gasteiger partial charge in [0.15, 0.2) is 0 Å². The molecule has 15 heteroatoms. The van der Waals surface area contributed by atoms with Gasteiger partial charge in [-0.3, -0.25) is 23.9 Å². The van der Waals surface area contributed by atoms with Gasteiger partial charge in [-0.25, -0.2) is 4.39 Å². The molecule has 5 heterocycles. The number of alkyl halides is 1. The fourth-order valence-electron chi connectivity index (χ4n) is 6.90. The quantitative estimate of drug-likeness (QED) is 0.212. The first kappa shape index (κ1) is 33.6. The average molecular weight is 689 g/mol. The number of pyridine rings is 1. The third kappa shape index (κ3) is 6.85. The van der Waals surface area contributed by atoms with E-state index < -0.39 is 37.1 Å². The van der Waals surface area contributed by atoms with Gasteiger partial charge in [-0.05, 0) is 60.9 Å². The van der Waals surface area contributed by atoms with E-state index in [2.05, 4.69) is 10.3 Å². The fourth-order valence-corrected chi connectivity index (χ4v) is 8.40. The van der Waals surface area contributed by atoms with E-state index in [1.165, 1.54) is 24.3 Å². The minimum Gasteiger partial charge on any atom is -0.382 e. The van der Waals surface area contributed by atoms with Crippen molar-refractivity contribution in [3.8, 4) is 0 Å². The van der Waals surface area contributed by atoms with Crippen LogP contribution >= 0.6 is 18.9 Å². The van der Waals surface area contributed by atoms with E-state index in [0.717, 1.165) is 36.2 Å². The minimum atomic E-state index is -4.99. The number of carbonyl (C=O) groups is 3. The Labute approximate surface area is 275 Å². The Morgan fingerprint density at radius 3 is 2.66 bits per heavy atom. The molecule has 2 aromatic heterocycles. The number of hydrogen-bond acceptors (Lipinski definition) is 8. The Balaban J connectivity index is 1.16. The maximum absolute atomic E-state index is 14.3. The molecule has 3 aliphatic heterocycles. The minimum absolute atomic E-state index is 0.0936. The second-order valence-electron chi connectivity index (χ2n) is 12.4. The second-order valence-corrected chi connectivity index (χ2v) is 15.1. The summed E-state index contributed by atoms with van der Waals surface area (Å²) in [6.07, 6.45) is 7.49. The predicted molar refractivity (Wildman–Crippen MR) is 171 cm³/mol. The molecule has 3 aliphatic rings. The number of thiophene rings is 1. The van der Waals surface area contributed by atoms with Crippen molar-refractivity contribution in [1.29, 1.82) is 0 Å². The van der Waals surface area contributed by atoms with Gasteiger partial charge in [0.25, 0.3) is 5.91 Å². The Morgan fingerprint density at radius 2 is 1.94 bits per heavy atom. The number of aromatic nitrogens is 1. The van der Waals surface area contributed by atoms with E-state index >= 15 is 0 Å². The summed E-state index contributed by atoms with van der Waals surface area (Å²) in [6.45, 7) is 1.42. The Hall–Kier alpha value is -3.26. The van der Waals surface area contributed by atoms with Gasteiger partial charge >= 0.3 is 7.60 Å². The average Bonchev–Trinajstić information content (AvgIpc) is 3.66. The zero-order valence-corrected chi connectivity index (χ0v) is 27.6. The van der Waals surface area contributed by atoms with Crippen LogP contribution in [0.3, 0.4) is 0 Å². The summed E-state index contributed by atoms with van der Waals surface area (Å²) in [5.74, 6) is -3.36. The molecule has 0 bridgehead atoms. The number of fused-ring (bicyclic) bond motifs is 2. The lowest BCUT2D eigenvalue weighted by atomic mass is 9.86. The van der Waals surface area contributed by atoms with E-state index in [-0.39, 0.29) is 28.3 Å². The van der Waals surface area contributed by atoms with Crippen LogP contribution in [0.1, 0.15) is 65.2 Å². The van der Waals surface area contributed by atoms with Gasteiger partial charge in [-0.15, -0.1) is 11.3 Å². The van der Waals surface area contributed by atoms with E-state index in [1.807, 2.05) is 12.1 Å². The van der Waals surface area contributed by atoms with Crippen LogP contribution in [-0.4, -0.2) is 93.8 Å². The molecule has 0 aliphatic carbocycles. The van der Waals surface area contributed by atoms with Gasteiger partial charge in [0.1, 0.15) is 17.7 Å². The molecule has 0 spiro atoms. The molecule has 3 saturated heterocycles. The van der Waals surface area contributed by atoms with Crippen LogP contribution in [0.25, 0.3) is 10.1 Å². The number of benzene rings is 1. The molecule has 12 nitrogen and oxygen atoms in total. The Kier molecular flexibility index (Phi) is 9.80. The van der Waals surface area contributed by atoms with Crippen LogP contribution in [0, 0.1) is 0 Å². The molecular weight excluding hydrogens is 650 g/mol. The number of ether oxygens (including phenoxy) is 2. The topological polar surface area (TPSA) is 159 Å². The first-order valence-corrected chi connectivity index (χ1v) is 18.2. The zero-order chi connectivity index (χ0) is 33.3. The highest BCUT2D eigenvalue weighted by Gasteiger charge is 2.52. The summed E-state index contributed by atoms with van der Waals surface area (Å²) < 4.78 is 37.7. The number of methoxy groups -OCH3 is 1. The number of nitrogens with one attached hydrogen (secondary N) is 1. The van der Waals surface area contributed by atoms with Crippen LogP contribution in [-0.2, 0) is 29.2 Å². The van der Waals surface area contributed by atoms with Gasteiger partial charge < -0.3 is 34.4 Å². The molecule has 1 unspecified atom stereocenters. The number of halogens is 1. The lowest BCUT2D eigenvalue weighted by Crippen LogP contribution is -2.66. The van der Waals surface area contributed by atoms with E-state index in [1.54, 1.807) is 29.3 Å². The van der Waals surface area contributed by atoms with Crippen molar-refractivity contribution in [3.63, 3.8) is 0 Å². The molecule has 3 aromatic rings. The first-order chi connectivity index (χ1) is 22.5. The number of carbonyl (C=O) groups excluding carboxylic acids is 3.